The number of carbonyl (C=O) groups excluding carboxylic acids is 1. The molecule has 1 aliphatic heterocycles. The molecule has 2 aromatic heterocycles. The van der Waals surface area contributed by atoms with Crippen LogP contribution in [0.5, 0.6) is 0 Å². The molecule has 6 nitrogen and oxygen atoms in total. The lowest BCUT2D eigenvalue weighted by atomic mass is 10.1. The first-order valence-electron chi connectivity index (χ1n) is 10.2. The average molecular weight is 396 g/mol. The van der Waals surface area contributed by atoms with E-state index in [1.807, 2.05) is 6.92 Å². The monoisotopic (exact) mass is 396 g/mol. The van der Waals surface area contributed by atoms with Gasteiger partial charge in [-0.3, -0.25) is 4.79 Å². The number of halogens is 1. The smallest absolute Gasteiger partial charge is 0.262 e. The number of nitrogens with zero attached hydrogens (tertiary/aromatic N) is 4. The third-order valence-electron chi connectivity index (χ3n) is 5.34. The summed E-state index contributed by atoms with van der Waals surface area (Å²) < 4.78 is 19.3. The van der Waals surface area contributed by atoms with Crippen molar-refractivity contribution < 1.29 is 13.6 Å². The zero-order valence-corrected chi connectivity index (χ0v) is 16.8. The SMILES string of the molecule is CCCN(C(=O)c1c(C)oc2ncnc(N3CCCCC3)c12)c1ccc(F)cc1. The Balaban J connectivity index is 1.81. The van der Waals surface area contributed by atoms with E-state index >= 15 is 0 Å². The number of anilines is 2. The maximum atomic E-state index is 13.6. The summed E-state index contributed by atoms with van der Waals surface area (Å²) in [5, 5.41) is 0.667. The lowest BCUT2D eigenvalue weighted by Gasteiger charge is -2.28. The topological polar surface area (TPSA) is 62.5 Å². The molecule has 1 fully saturated rings. The maximum absolute atomic E-state index is 13.6. The van der Waals surface area contributed by atoms with Crippen LogP contribution < -0.4 is 9.80 Å². The molecule has 1 amide bonds. The molecular weight excluding hydrogens is 371 g/mol. The highest BCUT2D eigenvalue weighted by molar-refractivity contribution is 6.16. The number of aromatic nitrogens is 2. The van der Waals surface area contributed by atoms with Gasteiger partial charge in [0.2, 0.25) is 5.71 Å². The minimum Gasteiger partial charge on any atom is -0.442 e. The minimum atomic E-state index is -0.330. The quantitative estimate of drug-likeness (QED) is 0.625. The van der Waals surface area contributed by atoms with E-state index in [9.17, 15) is 9.18 Å². The van der Waals surface area contributed by atoms with Gasteiger partial charge < -0.3 is 14.2 Å². The van der Waals surface area contributed by atoms with Gasteiger partial charge in [0.25, 0.3) is 5.91 Å². The average Bonchev–Trinajstić information content (AvgIpc) is 3.09. The van der Waals surface area contributed by atoms with E-state index in [2.05, 4.69) is 14.9 Å². The number of furan rings is 1. The van der Waals surface area contributed by atoms with E-state index in [0.29, 0.717) is 34.7 Å². The molecule has 0 saturated carbocycles. The summed E-state index contributed by atoms with van der Waals surface area (Å²) in [6.07, 6.45) is 5.67. The second-order valence-corrected chi connectivity index (χ2v) is 7.39. The van der Waals surface area contributed by atoms with Crippen LogP contribution in [0.25, 0.3) is 11.1 Å². The Hall–Kier alpha value is -2.96. The molecule has 0 bridgehead atoms. The summed E-state index contributed by atoms with van der Waals surface area (Å²) in [5.74, 6) is 0.767. The van der Waals surface area contributed by atoms with Crippen molar-refractivity contribution in [3.05, 3.63) is 47.7 Å². The molecule has 7 heteroatoms. The molecule has 0 N–H and O–H groups in total. The molecule has 29 heavy (non-hydrogen) atoms. The van der Waals surface area contributed by atoms with Crippen molar-refractivity contribution in [3.8, 4) is 0 Å². The maximum Gasteiger partial charge on any atom is 0.262 e. The molecule has 1 aromatic carbocycles. The van der Waals surface area contributed by atoms with Gasteiger partial charge in [-0.2, -0.15) is 0 Å². The fraction of sp³-hybridized carbons (Fsp3) is 0.409. The van der Waals surface area contributed by atoms with Crippen molar-refractivity contribution in [1.29, 1.82) is 0 Å². The van der Waals surface area contributed by atoms with Crippen LogP contribution in [0.3, 0.4) is 0 Å². The number of fused-ring (bicyclic) bond motifs is 1. The summed E-state index contributed by atoms with van der Waals surface area (Å²) in [5.41, 5.74) is 1.57. The van der Waals surface area contributed by atoms with E-state index in [1.165, 1.54) is 24.9 Å². The largest absolute Gasteiger partial charge is 0.442 e. The van der Waals surface area contributed by atoms with Gasteiger partial charge in [-0.05, 0) is 56.9 Å². The number of benzene rings is 1. The summed E-state index contributed by atoms with van der Waals surface area (Å²) in [4.78, 5) is 26.3. The van der Waals surface area contributed by atoms with Gasteiger partial charge in [-0.15, -0.1) is 0 Å². The number of hydrogen-bond donors (Lipinski definition) is 0. The van der Waals surface area contributed by atoms with Gasteiger partial charge in [-0.25, -0.2) is 14.4 Å². The third kappa shape index (κ3) is 3.69. The number of piperidine rings is 1. The van der Waals surface area contributed by atoms with Crippen molar-refractivity contribution in [2.24, 2.45) is 0 Å². The van der Waals surface area contributed by atoms with Crippen LogP contribution >= 0.6 is 0 Å². The Morgan fingerprint density at radius 1 is 1.17 bits per heavy atom. The molecule has 1 aliphatic rings. The summed E-state index contributed by atoms with van der Waals surface area (Å²) >= 11 is 0. The molecule has 0 spiro atoms. The second kappa shape index (κ2) is 8.19. The first-order chi connectivity index (χ1) is 14.1. The van der Waals surface area contributed by atoms with E-state index in [4.69, 9.17) is 4.42 Å². The zero-order valence-electron chi connectivity index (χ0n) is 16.8. The second-order valence-electron chi connectivity index (χ2n) is 7.39. The predicted molar refractivity (Wildman–Crippen MR) is 111 cm³/mol. The number of aryl methyl sites for hydroxylation is 1. The fourth-order valence-electron chi connectivity index (χ4n) is 3.96. The van der Waals surface area contributed by atoms with Gasteiger partial charge in [0.1, 0.15) is 23.7 Å². The lowest BCUT2D eigenvalue weighted by molar-refractivity contribution is 0.0986. The van der Waals surface area contributed by atoms with Crippen LogP contribution in [0.15, 0.2) is 35.0 Å². The number of carbonyl (C=O) groups is 1. The number of hydrogen-bond acceptors (Lipinski definition) is 5. The van der Waals surface area contributed by atoms with Gasteiger partial charge in [0.15, 0.2) is 0 Å². The zero-order chi connectivity index (χ0) is 20.4. The Bertz CT molecular complexity index is 1010. The van der Waals surface area contributed by atoms with Crippen LogP contribution in [-0.2, 0) is 0 Å². The third-order valence-corrected chi connectivity index (χ3v) is 5.34. The van der Waals surface area contributed by atoms with Crippen molar-refractivity contribution in [3.63, 3.8) is 0 Å². The summed E-state index contributed by atoms with van der Waals surface area (Å²) in [6.45, 7) is 6.11. The molecule has 3 heterocycles. The Morgan fingerprint density at radius 2 is 1.90 bits per heavy atom. The van der Waals surface area contributed by atoms with Crippen molar-refractivity contribution in [2.45, 2.75) is 39.5 Å². The van der Waals surface area contributed by atoms with Crippen molar-refractivity contribution >= 4 is 28.5 Å². The standard InChI is InChI=1S/C22H25FN4O2/c1-3-11-27(17-9-7-16(23)8-10-17)22(28)18-15(2)29-21-19(18)20(24-14-25-21)26-12-5-4-6-13-26/h7-10,14H,3-6,11-13H2,1-2H3. The van der Waals surface area contributed by atoms with Crippen LogP contribution in [-0.4, -0.2) is 35.5 Å². The minimum absolute atomic E-state index is 0.178. The molecule has 1 saturated heterocycles. The van der Waals surface area contributed by atoms with Crippen molar-refractivity contribution in [2.75, 3.05) is 29.4 Å². The highest BCUT2D eigenvalue weighted by atomic mass is 19.1. The van der Waals surface area contributed by atoms with E-state index in [1.54, 1.807) is 24.0 Å². The van der Waals surface area contributed by atoms with Crippen LogP contribution in [0, 0.1) is 12.7 Å². The van der Waals surface area contributed by atoms with Gasteiger partial charge in [0, 0.05) is 25.3 Å². The summed E-state index contributed by atoms with van der Waals surface area (Å²) in [6, 6.07) is 5.99. The lowest BCUT2D eigenvalue weighted by Crippen LogP contribution is -2.33. The Kier molecular flexibility index (Phi) is 5.47. The van der Waals surface area contributed by atoms with Crippen LogP contribution in [0.2, 0.25) is 0 Å². The van der Waals surface area contributed by atoms with Gasteiger partial charge >= 0.3 is 0 Å². The molecular formula is C22H25FN4O2. The van der Waals surface area contributed by atoms with Crippen LogP contribution in [0.1, 0.15) is 48.7 Å². The molecule has 0 aliphatic carbocycles. The van der Waals surface area contributed by atoms with E-state index in [0.717, 1.165) is 38.2 Å². The molecule has 0 atom stereocenters. The molecule has 3 aromatic rings. The van der Waals surface area contributed by atoms with Crippen LogP contribution in [0.4, 0.5) is 15.9 Å². The molecule has 0 radical (unpaired) electrons. The first kappa shape index (κ1) is 19.4. The molecule has 152 valence electrons. The van der Waals surface area contributed by atoms with E-state index in [-0.39, 0.29) is 11.7 Å². The van der Waals surface area contributed by atoms with Gasteiger partial charge in [-0.1, -0.05) is 6.92 Å². The number of rotatable bonds is 5. The molecule has 0 unspecified atom stereocenters. The predicted octanol–water partition coefficient (Wildman–Crippen LogP) is 4.72. The number of amides is 1. The highest BCUT2D eigenvalue weighted by Gasteiger charge is 2.29. The summed E-state index contributed by atoms with van der Waals surface area (Å²) in [7, 11) is 0. The van der Waals surface area contributed by atoms with E-state index < -0.39 is 0 Å². The van der Waals surface area contributed by atoms with Gasteiger partial charge in [0.05, 0.1) is 10.9 Å². The highest BCUT2D eigenvalue weighted by Crippen LogP contribution is 2.34. The molecule has 4 rings (SSSR count). The van der Waals surface area contributed by atoms with Crippen molar-refractivity contribution in [1.82, 2.24) is 9.97 Å². The Morgan fingerprint density at radius 3 is 2.59 bits per heavy atom. The Labute approximate surface area is 169 Å². The fourth-order valence-corrected chi connectivity index (χ4v) is 3.96. The normalized spacial score (nSPS) is 14.4. The first-order valence-corrected chi connectivity index (χ1v) is 10.2.